The van der Waals surface area contributed by atoms with Crippen LogP contribution in [0.5, 0.6) is 0 Å². The fourth-order valence-corrected chi connectivity index (χ4v) is 4.58. The molecule has 199 valence electrons. The summed E-state index contributed by atoms with van der Waals surface area (Å²) in [5.41, 5.74) is 9.81. The Hall–Kier alpha value is -4.09. The highest BCUT2D eigenvalue weighted by atomic mass is 35.5. The lowest BCUT2D eigenvalue weighted by Crippen LogP contribution is -2.44. The molecule has 0 unspecified atom stereocenters. The summed E-state index contributed by atoms with van der Waals surface area (Å²) in [4.78, 5) is 26.4. The highest BCUT2D eigenvalue weighted by molar-refractivity contribution is 6.32. The summed E-state index contributed by atoms with van der Waals surface area (Å²) in [6.45, 7) is 5.32. The van der Waals surface area contributed by atoms with Crippen molar-refractivity contribution in [3.63, 3.8) is 0 Å². The number of carbonyl (C=O) groups is 2. The van der Waals surface area contributed by atoms with E-state index in [0.717, 1.165) is 28.2 Å². The number of Topliss-reactive ketones (excluding diaryl/α,β-unsaturated/α-hetero) is 1. The summed E-state index contributed by atoms with van der Waals surface area (Å²) in [6, 6.07) is 31.6. The van der Waals surface area contributed by atoms with Crippen molar-refractivity contribution in [2.45, 2.75) is 38.8 Å². The Morgan fingerprint density at radius 2 is 1.38 bits per heavy atom. The predicted molar refractivity (Wildman–Crippen MR) is 157 cm³/mol. The van der Waals surface area contributed by atoms with Crippen LogP contribution in [0.3, 0.4) is 0 Å². The Balaban J connectivity index is 1.66. The molecule has 1 radical (unpaired) electrons. The molecule has 0 fully saturated rings. The summed E-state index contributed by atoms with van der Waals surface area (Å²) in [5.74, 6) is 0.692. The van der Waals surface area contributed by atoms with Crippen molar-refractivity contribution in [2.24, 2.45) is 0 Å². The average Bonchev–Trinajstić information content (AvgIpc) is 2.90. The maximum absolute atomic E-state index is 13.7. The van der Waals surface area contributed by atoms with Gasteiger partial charge in [-0.25, -0.2) is 4.79 Å². The van der Waals surface area contributed by atoms with Gasteiger partial charge in [-0.1, -0.05) is 96.5 Å². The van der Waals surface area contributed by atoms with Crippen LogP contribution in [0, 0.1) is 5.92 Å². The van der Waals surface area contributed by atoms with E-state index >= 15 is 0 Å². The fourth-order valence-electron chi connectivity index (χ4n) is 4.31. The number of rotatable bonds is 8. The molecule has 0 bridgehead atoms. The molecule has 4 rings (SSSR count). The number of nitrogens with one attached hydrogen (secondary N) is 1. The van der Waals surface area contributed by atoms with Crippen molar-refractivity contribution in [3.05, 3.63) is 142 Å². The maximum atomic E-state index is 13.7. The van der Waals surface area contributed by atoms with E-state index in [1.54, 1.807) is 45.0 Å². The zero-order chi connectivity index (χ0) is 28.0. The zero-order valence-electron chi connectivity index (χ0n) is 22.3. The van der Waals surface area contributed by atoms with Gasteiger partial charge in [0.1, 0.15) is 5.60 Å². The number of anilines is 1. The molecule has 0 aliphatic rings. The SMILES string of the molecule is CC(C)(C)OC(=O)N[C@@H](Cc1ccc(N)cc1)C(=O)c1ccc([C](c2ccccc2)c2ccccc2)c(Cl)c1. The number of ether oxygens (including phenoxy) is 1. The molecule has 0 saturated carbocycles. The van der Waals surface area contributed by atoms with Gasteiger partial charge in [0, 0.05) is 22.7 Å². The first-order valence-electron chi connectivity index (χ1n) is 12.8. The standard InChI is InChI=1S/C33H32ClN2O3/c1-33(2,3)39-32(38)36-29(20-22-14-17-26(35)18-15-22)31(37)25-16-19-27(28(34)21-25)30(23-10-6-4-7-11-23)24-12-8-5-9-13-24/h4-19,21,29H,20,35H2,1-3H3,(H,36,38)/t29-/m0/s1. The van der Waals surface area contributed by atoms with Gasteiger partial charge in [0.25, 0.3) is 0 Å². The lowest BCUT2D eigenvalue weighted by Gasteiger charge is -2.24. The number of alkyl carbamates (subject to hydrolysis) is 1. The van der Waals surface area contributed by atoms with Crippen LogP contribution in [0.15, 0.2) is 103 Å². The molecule has 4 aromatic carbocycles. The number of nitrogens with two attached hydrogens (primary N) is 1. The summed E-state index contributed by atoms with van der Waals surface area (Å²) in [5, 5.41) is 3.19. The van der Waals surface area contributed by atoms with E-state index in [4.69, 9.17) is 22.1 Å². The fraction of sp³-hybridized carbons (Fsp3) is 0.182. The average molecular weight is 540 g/mol. The van der Waals surface area contributed by atoms with Gasteiger partial charge in [-0.15, -0.1) is 0 Å². The third kappa shape index (κ3) is 7.49. The van der Waals surface area contributed by atoms with Gasteiger partial charge in [-0.2, -0.15) is 0 Å². The van der Waals surface area contributed by atoms with Crippen molar-refractivity contribution in [1.82, 2.24) is 5.32 Å². The van der Waals surface area contributed by atoms with Crippen LogP contribution in [0.1, 0.15) is 53.4 Å². The number of amides is 1. The molecule has 5 nitrogen and oxygen atoms in total. The van der Waals surface area contributed by atoms with Crippen molar-refractivity contribution in [3.8, 4) is 0 Å². The summed E-state index contributed by atoms with van der Waals surface area (Å²) < 4.78 is 5.43. The third-order valence-corrected chi connectivity index (χ3v) is 6.39. The highest BCUT2D eigenvalue weighted by Crippen LogP contribution is 2.35. The molecular weight excluding hydrogens is 508 g/mol. The van der Waals surface area contributed by atoms with E-state index < -0.39 is 17.7 Å². The quantitative estimate of drug-likeness (QED) is 0.140. The van der Waals surface area contributed by atoms with E-state index in [2.05, 4.69) is 5.32 Å². The lowest BCUT2D eigenvalue weighted by atomic mass is 9.84. The Labute approximate surface area is 235 Å². The van der Waals surface area contributed by atoms with Crippen LogP contribution in [-0.2, 0) is 11.2 Å². The van der Waals surface area contributed by atoms with E-state index in [1.165, 1.54) is 0 Å². The first-order valence-corrected chi connectivity index (χ1v) is 13.1. The van der Waals surface area contributed by atoms with Gasteiger partial charge in [-0.3, -0.25) is 4.79 Å². The number of halogens is 1. The Morgan fingerprint density at radius 3 is 1.90 bits per heavy atom. The van der Waals surface area contributed by atoms with Crippen molar-refractivity contribution >= 4 is 29.2 Å². The van der Waals surface area contributed by atoms with Crippen LogP contribution in [0.2, 0.25) is 5.02 Å². The normalized spacial score (nSPS) is 12.1. The zero-order valence-corrected chi connectivity index (χ0v) is 23.0. The molecular formula is C33H32ClN2O3. The van der Waals surface area contributed by atoms with Gasteiger partial charge >= 0.3 is 6.09 Å². The minimum atomic E-state index is -0.864. The Bertz CT molecular complexity index is 1380. The van der Waals surface area contributed by atoms with Crippen LogP contribution in [0.25, 0.3) is 0 Å². The molecule has 0 aliphatic heterocycles. The predicted octanol–water partition coefficient (Wildman–Crippen LogP) is 7.26. The summed E-state index contributed by atoms with van der Waals surface area (Å²) in [6.07, 6.45) is -0.397. The number of hydrogen-bond donors (Lipinski definition) is 2. The molecule has 0 heterocycles. The molecule has 6 heteroatoms. The number of nitrogen functional groups attached to an aromatic ring is 1. The monoisotopic (exact) mass is 539 g/mol. The van der Waals surface area contributed by atoms with Gasteiger partial charge < -0.3 is 15.8 Å². The van der Waals surface area contributed by atoms with Crippen molar-refractivity contribution in [1.29, 1.82) is 0 Å². The first-order chi connectivity index (χ1) is 18.6. The summed E-state index contributed by atoms with van der Waals surface area (Å²) >= 11 is 6.84. The second-order valence-electron chi connectivity index (χ2n) is 10.3. The van der Waals surface area contributed by atoms with Gasteiger partial charge in [0.15, 0.2) is 5.78 Å². The van der Waals surface area contributed by atoms with Crippen molar-refractivity contribution in [2.75, 3.05) is 5.73 Å². The Morgan fingerprint density at radius 1 is 0.821 bits per heavy atom. The molecule has 1 atom stereocenters. The summed E-state index contributed by atoms with van der Waals surface area (Å²) in [7, 11) is 0. The van der Waals surface area contributed by atoms with Gasteiger partial charge in [0.05, 0.1) is 12.0 Å². The lowest BCUT2D eigenvalue weighted by molar-refractivity contribution is 0.0491. The maximum Gasteiger partial charge on any atom is 0.408 e. The van der Waals surface area contributed by atoms with E-state index in [-0.39, 0.29) is 12.2 Å². The van der Waals surface area contributed by atoms with Crippen LogP contribution < -0.4 is 11.1 Å². The molecule has 0 saturated heterocycles. The second-order valence-corrected chi connectivity index (χ2v) is 10.7. The Kier molecular flexibility index (Phi) is 8.72. The first kappa shape index (κ1) is 27.9. The van der Waals surface area contributed by atoms with E-state index in [0.29, 0.717) is 16.3 Å². The number of carbonyl (C=O) groups excluding carboxylic acids is 2. The van der Waals surface area contributed by atoms with Crippen LogP contribution >= 0.6 is 11.6 Å². The molecule has 4 aromatic rings. The topological polar surface area (TPSA) is 81.4 Å². The third-order valence-electron chi connectivity index (χ3n) is 6.07. The van der Waals surface area contributed by atoms with E-state index in [9.17, 15) is 9.59 Å². The number of ketones is 1. The van der Waals surface area contributed by atoms with Crippen LogP contribution in [-0.4, -0.2) is 23.5 Å². The molecule has 3 N–H and O–H groups in total. The van der Waals surface area contributed by atoms with E-state index in [1.807, 2.05) is 78.9 Å². The smallest absolute Gasteiger partial charge is 0.408 e. The number of hydrogen-bond acceptors (Lipinski definition) is 4. The minimum Gasteiger partial charge on any atom is -0.444 e. The highest BCUT2D eigenvalue weighted by Gasteiger charge is 2.27. The largest absolute Gasteiger partial charge is 0.444 e. The second kappa shape index (κ2) is 12.2. The molecule has 1 amide bonds. The van der Waals surface area contributed by atoms with Crippen molar-refractivity contribution < 1.29 is 14.3 Å². The molecule has 0 spiro atoms. The minimum absolute atomic E-state index is 0.267. The van der Waals surface area contributed by atoms with Gasteiger partial charge in [0.2, 0.25) is 0 Å². The van der Waals surface area contributed by atoms with Gasteiger partial charge in [-0.05, 0) is 61.2 Å². The molecule has 0 aliphatic carbocycles. The molecule has 39 heavy (non-hydrogen) atoms. The molecule has 0 aromatic heterocycles. The van der Waals surface area contributed by atoms with Crippen LogP contribution in [0.4, 0.5) is 10.5 Å². The number of benzene rings is 4.